The molecule has 0 aliphatic carbocycles. The second kappa shape index (κ2) is 19.0. The predicted octanol–water partition coefficient (Wildman–Crippen LogP) is 6.07. The van der Waals surface area contributed by atoms with Gasteiger partial charge in [0.25, 0.3) is 0 Å². The molecule has 0 radical (unpaired) electrons. The lowest BCUT2D eigenvalue weighted by molar-refractivity contribution is -0.137. The van der Waals surface area contributed by atoms with Crippen LogP contribution >= 0.6 is 0 Å². The molecule has 30 heavy (non-hydrogen) atoms. The van der Waals surface area contributed by atoms with Crippen LogP contribution in [0.15, 0.2) is 30.3 Å². The predicted molar refractivity (Wildman–Crippen MR) is 124 cm³/mol. The zero-order valence-corrected chi connectivity index (χ0v) is 18.7. The molecule has 0 aliphatic heterocycles. The average molecular weight is 419 g/mol. The van der Waals surface area contributed by atoms with Gasteiger partial charge in [-0.25, -0.2) is 4.79 Å². The van der Waals surface area contributed by atoms with Crippen molar-refractivity contribution in [3.63, 3.8) is 0 Å². The molecule has 0 saturated heterocycles. The normalized spacial score (nSPS) is 10.7. The zero-order chi connectivity index (χ0) is 21.7. The molecular formula is C25H42N2O3. The topological polar surface area (TPSA) is 78.4 Å². The lowest BCUT2D eigenvalue weighted by Gasteiger charge is -2.08. The van der Waals surface area contributed by atoms with Crippen molar-refractivity contribution in [3.8, 4) is 0 Å². The second-order valence-corrected chi connectivity index (χ2v) is 8.16. The van der Waals surface area contributed by atoms with Gasteiger partial charge in [-0.15, -0.1) is 0 Å². The third-order valence-electron chi connectivity index (χ3n) is 5.40. The van der Waals surface area contributed by atoms with E-state index in [4.69, 9.17) is 5.11 Å². The third-order valence-corrected chi connectivity index (χ3v) is 5.40. The average Bonchev–Trinajstić information content (AvgIpc) is 2.74. The van der Waals surface area contributed by atoms with E-state index in [1.165, 1.54) is 69.8 Å². The number of unbranched alkanes of at least 4 members (excludes halogenated alkanes) is 12. The summed E-state index contributed by atoms with van der Waals surface area (Å²) in [6, 6.07) is 10.1. The van der Waals surface area contributed by atoms with Gasteiger partial charge in [-0.3, -0.25) is 4.79 Å². The number of nitrogens with one attached hydrogen (secondary N) is 2. The van der Waals surface area contributed by atoms with E-state index in [0.29, 0.717) is 13.0 Å². The minimum atomic E-state index is -0.675. The Balaban J connectivity index is 1.75. The highest BCUT2D eigenvalue weighted by atomic mass is 16.4. The van der Waals surface area contributed by atoms with Gasteiger partial charge in [-0.1, -0.05) is 101 Å². The number of benzene rings is 1. The van der Waals surface area contributed by atoms with E-state index in [1.54, 1.807) is 0 Å². The van der Waals surface area contributed by atoms with E-state index in [2.05, 4.69) is 22.8 Å². The maximum absolute atomic E-state index is 11.7. The maximum atomic E-state index is 11.7. The standard InChI is InChI=1S/C25H42N2O3/c28-24(29)19-15-10-8-6-4-2-1-3-5-7-9-11-16-21-26-25(30)27-22-20-23-17-13-12-14-18-23/h12-14,17-18H,1-11,15-16,19-22H2,(H,28,29)(H2,26,27,30). The molecule has 5 nitrogen and oxygen atoms in total. The Morgan fingerprint density at radius 1 is 0.633 bits per heavy atom. The van der Waals surface area contributed by atoms with Gasteiger partial charge in [0.15, 0.2) is 0 Å². The summed E-state index contributed by atoms with van der Waals surface area (Å²) in [6.07, 6.45) is 16.8. The van der Waals surface area contributed by atoms with E-state index >= 15 is 0 Å². The first-order valence-electron chi connectivity index (χ1n) is 12.0. The smallest absolute Gasteiger partial charge is 0.314 e. The number of urea groups is 1. The van der Waals surface area contributed by atoms with Crippen LogP contribution in [-0.2, 0) is 11.2 Å². The monoisotopic (exact) mass is 418 g/mol. The molecular weight excluding hydrogens is 376 g/mol. The van der Waals surface area contributed by atoms with Crippen molar-refractivity contribution >= 4 is 12.0 Å². The molecule has 0 heterocycles. The zero-order valence-electron chi connectivity index (χ0n) is 18.7. The molecule has 0 bridgehead atoms. The third kappa shape index (κ3) is 16.9. The van der Waals surface area contributed by atoms with Crippen LogP contribution in [0.3, 0.4) is 0 Å². The second-order valence-electron chi connectivity index (χ2n) is 8.16. The number of carboxylic acids is 1. The first kappa shape index (κ1) is 26.0. The summed E-state index contributed by atoms with van der Waals surface area (Å²) in [5.41, 5.74) is 1.24. The Bertz CT molecular complexity index is 549. The van der Waals surface area contributed by atoms with Crippen molar-refractivity contribution in [1.29, 1.82) is 0 Å². The fraction of sp³-hybridized carbons (Fsp3) is 0.680. The summed E-state index contributed by atoms with van der Waals surface area (Å²) in [5, 5.41) is 14.4. The van der Waals surface area contributed by atoms with Gasteiger partial charge < -0.3 is 15.7 Å². The van der Waals surface area contributed by atoms with Crippen LogP contribution in [0.25, 0.3) is 0 Å². The summed E-state index contributed by atoms with van der Waals surface area (Å²) in [7, 11) is 0. The number of carboxylic acid groups (broad SMARTS) is 1. The first-order chi connectivity index (χ1) is 14.7. The minimum Gasteiger partial charge on any atom is -0.481 e. The Morgan fingerprint density at radius 3 is 1.63 bits per heavy atom. The molecule has 1 aromatic carbocycles. The van der Waals surface area contributed by atoms with Gasteiger partial charge in [-0.05, 0) is 24.8 Å². The molecule has 5 heteroatoms. The van der Waals surface area contributed by atoms with Crippen LogP contribution in [0, 0.1) is 0 Å². The molecule has 0 aromatic heterocycles. The minimum absolute atomic E-state index is 0.0622. The largest absolute Gasteiger partial charge is 0.481 e. The van der Waals surface area contributed by atoms with E-state index in [1.807, 2.05) is 18.2 Å². The van der Waals surface area contributed by atoms with Crippen molar-refractivity contribution in [2.45, 2.75) is 96.3 Å². The lowest BCUT2D eigenvalue weighted by Crippen LogP contribution is -2.37. The van der Waals surface area contributed by atoms with Gasteiger partial charge in [0.1, 0.15) is 0 Å². The van der Waals surface area contributed by atoms with Crippen LogP contribution in [0.1, 0.15) is 95.5 Å². The quantitative estimate of drug-likeness (QED) is 0.238. The van der Waals surface area contributed by atoms with Gasteiger partial charge in [0, 0.05) is 19.5 Å². The SMILES string of the molecule is O=C(O)CCCCCCCCCCCCCCCNC(=O)NCCc1ccccc1. The Kier molecular flexibility index (Phi) is 16.4. The van der Waals surface area contributed by atoms with Crippen molar-refractivity contribution in [1.82, 2.24) is 10.6 Å². The molecule has 170 valence electrons. The molecule has 2 amide bonds. The number of amides is 2. The summed E-state index contributed by atoms with van der Waals surface area (Å²) in [4.78, 5) is 22.2. The first-order valence-corrected chi connectivity index (χ1v) is 12.0. The van der Waals surface area contributed by atoms with Crippen LogP contribution in [0.2, 0.25) is 0 Å². The van der Waals surface area contributed by atoms with Gasteiger partial charge in [0.05, 0.1) is 0 Å². The molecule has 1 aromatic rings. The van der Waals surface area contributed by atoms with Crippen molar-refractivity contribution in [3.05, 3.63) is 35.9 Å². The van der Waals surface area contributed by atoms with Gasteiger partial charge in [-0.2, -0.15) is 0 Å². The fourth-order valence-corrected chi connectivity index (χ4v) is 3.58. The van der Waals surface area contributed by atoms with Crippen LogP contribution in [0.5, 0.6) is 0 Å². The molecule has 0 atom stereocenters. The number of carbonyl (C=O) groups is 2. The number of hydrogen-bond acceptors (Lipinski definition) is 2. The fourth-order valence-electron chi connectivity index (χ4n) is 3.58. The Morgan fingerprint density at radius 2 is 1.10 bits per heavy atom. The molecule has 0 aliphatic rings. The molecule has 0 fully saturated rings. The number of carbonyl (C=O) groups excluding carboxylic acids is 1. The van der Waals surface area contributed by atoms with Crippen LogP contribution in [-0.4, -0.2) is 30.2 Å². The van der Waals surface area contributed by atoms with E-state index < -0.39 is 5.97 Å². The Hall–Kier alpha value is -2.04. The maximum Gasteiger partial charge on any atom is 0.314 e. The van der Waals surface area contributed by atoms with E-state index in [0.717, 1.165) is 32.2 Å². The van der Waals surface area contributed by atoms with Crippen LogP contribution in [0.4, 0.5) is 4.79 Å². The highest BCUT2D eigenvalue weighted by Crippen LogP contribution is 2.12. The molecule has 0 unspecified atom stereocenters. The van der Waals surface area contributed by atoms with Crippen molar-refractivity contribution in [2.24, 2.45) is 0 Å². The summed E-state index contributed by atoms with van der Waals surface area (Å²) in [5.74, 6) is -0.675. The van der Waals surface area contributed by atoms with Crippen molar-refractivity contribution < 1.29 is 14.7 Å². The number of hydrogen-bond donors (Lipinski definition) is 3. The number of rotatable bonds is 19. The lowest BCUT2D eigenvalue weighted by atomic mass is 10.0. The van der Waals surface area contributed by atoms with E-state index in [9.17, 15) is 9.59 Å². The highest BCUT2D eigenvalue weighted by Gasteiger charge is 2.00. The molecule has 0 saturated carbocycles. The van der Waals surface area contributed by atoms with Crippen LogP contribution < -0.4 is 10.6 Å². The molecule has 3 N–H and O–H groups in total. The molecule has 0 spiro atoms. The molecule has 1 rings (SSSR count). The Labute approximate surface area is 183 Å². The van der Waals surface area contributed by atoms with E-state index in [-0.39, 0.29) is 6.03 Å². The van der Waals surface area contributed by atoms with Gasteiger partial charge >= 0.3 is 12.0 Å². The van der Waals surface area contributed by atoms with Gasteiger partial charge in [0.2, 0.25) is 0 Å². The number of aliphatic carboxylic acids is 1. The summed E-state index contributed by atoms with van der Waals surface area (Å²) in [6.45, 7) is 1.42. The van der Waals surface area contributed by atoms with Crippen molar-refractivity contribution in [2.75, 3.05) is 13.1 Å². The summed E-state index contributed by atoms with van der Waals surface area (Å²) >= 11 is 0. The summed E-state index contributed by atoms with van der Waals surface area (Å²) < 4.78 is 0. The highest BCUT2D eigenvalue weighted by molar-refractivity contribution is 5.73.